The van der Waals surface area contributed by atoms with Crippen LogP contribution in [0.5, 0.6) is 0 Å². The number of carbonyl (C=O) groups is 3. The van der Waals surface area contributed by atoms with Crippen molar-refractivity contribution in [3.8, 4) is 0 Å². The summed E-state index contributed by atoms with van der Waals surface area (Å²) < 4.78 is 6.38. The van der Waals surface area contributed by atoms with E-state index in [0.29, 0.717) is 12.2 Å². The van der Waals surface area contributed by atoms with Crippen molar-refractivity contribution >= 4 is 23.4 Å². The third-order valence-electron chi connectivity index (χ3n) is 7.95. The monoisotopic (exact) mass is 465 g/mol. The van der Waals surface area contributed by atoms with Gasteiger partial charge >= 0.3 is 0 Å². The molecule has 7 nitrogen and oxygen atoms in total. The molecular formula is C27H35N3O4. The molecule has 1 aliphatic carbocycles. The molecule has 3 amide bonds. The van der Waals surface area contributed by atoms with Gasteiger partial charge in [0.1, 0.15) is 11.6 Å². The number of amides is 3. The van der Waals surface area contributed by atoms with Crippen LogP contribution in [0.3, 0.4) is 0 Å². The third kappa shape index (κ3) is 3.84. The Kier molecular flexibility index (Phi) is 6.23. The highest BCUT2D eigenvalue weighted by molar-refractivity contribution is 6.02. The molecule has 0 aromatic heterocycles. The Hall–Kier alpha value is -2.67. The molecule has 1 saturated carbocycles. The predicted octanol–water partition coefficient (Wildman–Crippen LogP) is 3.33. The zero-order valence-electron chi connectivity index (χ0n) is 20.1. The highest BCUT2D eigenvalue weighted by Crippen LogP contribution is 2.55. The van der Waals surface area contributed by atoms with E-state index in [1.807, 2.05) is 43.3 Å². The van der Waals surface area contributed by atoms with Crippen molar-refractivity contribution < 1.29 is 19.1 Å². The zero-order valence-corrected chi connectivity index (χ0v) is 20.1. The number of fused-ring (bicyclic) bond motifs is 1. The van der Waals surface area contributed by atoms with Gasteiger partial charge in [0.2, 0.25) is 17.7 Å². The zero-order chi connectivity index (χ0) is 23.9. The number of anilines is 1. The summed E-state index contributed by atoms with van der Waals surface area (Å²) in [5, 5.41) is 6.19. The Bertz CT molecular complexity index is 984. The van der Waals surface area contributed by atoms with Gasteiger partial charge in [-0.25, -0.2) is 0 Å². The normalized spacial score (nSPS) is 32.2. The maximum Gasteiger partial charge on any atom is 0.246 e. The largest absolute Gasteiger partial charge is 0.359 e. The Morgan fingerprint density at radius 2 is 1.85 bits per heavy atom. The molecule has 3 fully saturated rings. The Balaban J connectivity index is 1.42. The molecule has 3 heterocycles. The molecule has 7 heteroatoms. The van der Waals surface area contributed by atoms with E-state index >= 15 is 0 Å². The van der Waals surface area contributed by atoms with Gasteiger partial charge in [-0.1, -0.05) is 62.5 Å². The van der Waals surface area contributed by atoms with Gasteiger partial charge in [0.15, 0.2) is 0 Å². The summed E-state index contributed by atoms with van der Waals surface area (Å²) in [6.07, 6.45) is 10.3. The van der Waals surface area contributed by atoms with E-state index in [2.05, 4.69) is 17.6 Å². The number of carbonyl (C=O) groups excluding carboxylic acids is 3. The van der Waals surface area contributed by atoms with Crippen LogP contribution in [-0.2, 0) is 19.1 Å². The van der Waals surface area contributed by atoms with Crippen LogP contribution in [0.2, 0.25) is 0 Å². The predicted molar refractivity (Wildman–Crippen MR) is 129 cm³/mol. The topological polar surface area (TPSA) is 87.7 Å². The molecule has 0 radical (unpaired) electrons. The number of ether oxygens (including phenoxy) is 1. The summed E-state index contributed by atoms with van der Waals surface area (Å²) in [5.74, 6) is -1.87. The van der Waals surface area contributed by atoms with E-state index in [1.165, 1.54) is 6.42 Å². The summed E-state index contributed by atoms with van der Waals surface area (Å²) in [6.45, 7) is 4.55. The summed E-state index contributed by atoms with van der Waals surface area (Å²) >= 11 is 0. The van der Waals surface area contributed by atoms with Gasteiger partial charge in [0, 0.05) is 18.3 Å². The van der Waals surface area contributed by atoms with E-state index in [0.717, 1.165) is 44.1 Å². The maximum atomic E-state index is 13.7. The lowest BCUT2D eigenvalue weighted by molar-refractivity contribution is -0.141. The molecule has 34 heavy (non-hydrogen) atoms. The van der Waals surface area contributed by atoms with Gasteiger partial charge in [0.05, 0.1) is 17.9 Å². The number of nitrogens with one attached hydrogen (secondary N) is 2. The van der Waals surface area contributed by atoms with Crippen LogP contribution in [0.15, 0.2) is 36.4 Å². The van der Waals surface area contributed by atoms with E-state index in [4.69, 9.17) is 4.74 Å². The molecule has 2 bridgehead atoms. The number of likely N-dealkylation sites (tertiary alicyclic amines) is 1. The summed E-state index contributed by atoms with van der Waals surface area (Å²) in [6, 6.07) is 6.99. The van der Waals surface area contributed by atoms with Crippen LogP contribution in [0, 0.1) is 18.8 Å². The first-order chi connectivity index (χ1) is 16.4. The van der Waals surface area contributed by atoms with Crippen LogP contribution in [0.4, 0.5) is 5.69 Å². The molecule has 4 aliphatic rings. The summed E-state index contributed by atoms with van der Waals surface area (Å²) in [5.41, 5.74) is 0.715. The number of benzene rings is 1. The average Bonchev–Trinajstić information content (AvgIpc) is 3.47. The highest BCUT2D eigenvalue weighted by atomic mass is 16.5. The van der Waals surface area contributed by atoms with Gasteiger partial charge in [-0.05, 0) is 38.3 Å². The van der Waals surface area contributed by atoms with Crippen molar-refractivity contribution in [1.29, 1.82) is 0 Å². The second-order valence-corrected chi connectivity index (χ2v) is 10.3. The van der Waals surface area contributed by atoms with Gasteiger partial charge in [0.25, 0.3) is 0 Å². The van der Waals surface area contributed by atoms with Crippen LogP contribution >= 0.6 is 0 Å². The van der Waals surface area contributed by atoms with Crippen LogP contribution in [0.1, 0.15) is 57.4 Å². The number of hydrogen-bond donors (Lipinski definition) is 2. The molecule has 3 aliphatic heterocycles. The maximum absolute atomic E-state index is 13.7. The van der Waals surface area contributed by atoms with Crippen molar-refractivity contribution in [3.05, 3.63) is 42.0 Å². The van der Waals surface area contributed by atoms with E-state index < -0.39 is 29.6 Å². The standard InChI is InChI=1S/C27H35N3O4/c1-3-4-16-30-23(25(32)29-18-8-6-5-7-9-18)27-15-14-20(34-27)21(22(27)26(30)33)24(31)28-19-12-10-17(2)11-13-19/h10-15,18,20-23H,3-9,16H2,1-2H3,(H,28,31)(H,29,32)/t20-,21+,22-,23-,27+/m1/s1. The van der Waals surface area contributed by atoms with Crippen molar-refractivity contribution in [2.75, 3.05) is 11.9 Å². The molecule has 182 valence electrons. The smallest absolute Gasteiger partial charge is 0.246 e. The quantitative estimate of drug-likeness (QED) is 0.605. The van der Waals surface area contributed by atoms with Crippen LogP contribution in [0.25, 0.3) is 0 Å². The number of unbranched alkanes of at least 4 members (excludes halogenated alkanes) is 1. The van der Waals surface area contributed by atoms with E-state index in [9.17, 15) is 14.4 Å². The first kappa shape index (κ1) is 23.1. The number of nitrogens with zero attached hydrogens (tertiary/aromatic N) is 1. The lowest BCUT2D eigenvalue weighted by Crippen LogP contribution is -2.56. The van der Waals surface area contributed by atoms with Crippen molar-refractivity contribution in [2.24, 2.45) is 11.8 Å². The van der Waals surface area contributed by atoms with E-state index in [-0.39, 0.29) is 23.8 Å². The van der Waals surface area contributed by atoms with Crippen LogP contribution in [-0.4, -0.2) is 53.0 Å². The van der Waals surface area contributed by atoms with Crippen molar-refractivity contribution in [1.82, 2.24) is 10.2 Å². The van der Waals surface area contributed by atoms with Crippen molar-refractivity contribution in [3.63, 3.8) is 0 Å². The van der Waals surface area contributed by atoms with Gasteiger partial charge < -0.3 is 20.3 Å². The van der Waals surface area contributed by atoms with Crippen LogP contribution < -0.4 is 10.6 Å². The van der Waals surface area contributed by atoms with Gasteiger partial charge in [-0.2, -0.15) is 0 Å². The second kappa shape index (κ2) is 9.17. The molecule has 1 aromatic rings. The first-order valence-electron chi connectivity index (χ1n) is 12.8. The SMILES string of the molecule is CCCCN1C(=O)[C@H]2[C@@H](C(=O)Nc3ccc(C)cc3)[C@H]3C=C[C@@]2(O3)[C@H]1C(=O)NC1CCCCC1. The third-order valence-corrected chi connectivity index (χ3v) is 7.95. The molecule has 1 spiro atoms. The fraction of sp³-hybridized carbons (Fsp3) is 0.593. The Morgan fingerprint density at radius 1 is 1.12 bits per heavy atom. The number of hydrogen-bond acceptors (Lipinski definition) is 4. The Labute approximate surface area is 201 Å². The minimum atomic E-state index is -1.08. The second-order valence-electron chi connectivity index (χ2n) is 10.3. The minimum Gasteiger partial charge on any atom is -0.359 e. The Morgan fingerprint density at radius 3 is 2.56 bits per heavy atom. The fourth-order valence-corrected chi connectivity index (χ4v) is 6.23. The van der Waals surface area contributed by atoms with Crippen molar-refractivity contribution in [2.45, 2.75) is 82.6 Å². The fourth-order valence-electron chi connectivity index (χ4n) is 6.23. The van der Waals surface area contributed by atoms with E-state index in [1.54, 1.807) is 4.90 Å². The summed E-state index contributed by atoms with van der Waals surface area (Å²) in [7, 11) is 0. The lowest BCUT2D eigenvalue weighted by atomic mass is 9.74. The number of rotatable bonds is 7. The molecule has 5 rings (SSSR count). The van der Waals surface area contributed by atoms with Gasteiger partial charge in [-0.3, -0.25) is 14.4 Å². The molecule has 0 unspecified atom stereocenters. The highest BCUT2D eigenvalue weighted by Gasteiger charge is 2.72. The molecular weight excluding hydrogens is 430 g/mol. The molecule has 5 atom stereocenters. The molecule has 2 saturated heterocycles. The minimum absolute atomic E-state index is 0.142. The molecule has 1 aromatic carbocycles. The first-order valence-corrected chi connectivity index (χ1v) is 12.8. The number of aryl methyl sites for hydroxylation is 1. The van der Waals surface area contributed by atoms with Gasteiger partial charge in [-0.15, -0.1) is 0 Å². The average molecular weight is 466 g/mol. The summed E-state index contributed by atoms with van der Waals surface area (Å²) in [4.78, 5) is 42.5. The lowest BCUT2D eigenvalue weighted by Gasteiger charge is -2.34. The molecule has 2 N–H and O–H groups in total.